The molecule has 3 aromatic rings. The number of carbonyl (C=O) groups excluding carboxylic acids is 2. The fraction of sp³-hybridized carbons (Fsp3) is 0.269. The van der Waals surface area contributed by atoms with Crippen molar-refractivity contribution < 1.29 is 14.0 Å². The summed E-state index contributed by atoms with van der Waals surface area (Å²) in [6.07, 6.45) is 0. The number of carbonyl (C=O) groups is 2. The molecule has 1 aliphatic rings. The van der Waals surface area contributed by atoms with Crippen LogP contribution in [0.5, 0.6) is 0 Å². The minimum absolute atomic E-state index is 0.00685. The first kappa shape index (κ1) is 25.4. The molecule has 36 heavy (non-hydrogen) atoms. The number of amides is 2. The number of thiazole rings is 1. The molecule has 2 aromatic carbocycles. The van der Waals surface area contributed by atoms with E-state index in [2.05, 4.69) is 15.1 Å². The van der Waals surface area contributed by atoms with Crippen LogP contribution in [0.3, 0.4) is 0 Å². The molecular formula is C26H24FN5O2S2. The third-order valence-electron chi connectivity index (χ3n) is 6.07. The molecule has 4 rings (SSSR count). The van der Waals surface area contributed by atoms with E-state index in [1.165, 1.54) is 22.3 Å². The van der Waals surface area contributed by atoms with Crippen LogP contribution in [0, 0.1) is 33.2 Å². The highest BCUT2D eigenvalue weighted by molar-refractivity contribution is 7.81. The van der Waals surface area contributed by atoms with E-state index in [1.807, 2.05) is 6.92 Å². The average molecular weight is 522 g/mol. The second-order valence-corrected chi connectivity index (χ2v) is 10.6. The molecule has 1 saturated heterocycles. The predicted molar refractivity (Wildman–Crippen MR) is 143 cm³/mol. The Bertz CT molecular complexity index is 1460. The Morgan fingerprint density at radius 1 is 1.19 bits per heavy atom. The summed E-state index contributed by atoms with van der Waals surface area (Å²) in [5.41, 5.74) is 2.10. The molecule has 0 aliphatic carbocycles. The number of benzene rings is 2. The van der Waals surface area contributed by atoms with Crippen molar-refractivity contribution in [2.24, 2.45) is 0 Å². The fourth-order valence-corrected chi connectivity index (χ4v) is 5.53. The van der Waals surface area contributed by atoms with Crippen molar-refractivity contribution in [1.82, 2.24) is 10.3 Å². The van der Waals surface area contributed by atoms with Crippen LogP contribution >= 0.6 is 23.6 Å². The average Bonchev–Trinajstić information content (AvgIpc) is 3.24. The number of thiocarbonyl (C=S) groups is 1. The maximum absolute atomic E-state index is 15.1. The topological polar surface area (TPSA) is 69.9 Å². The Morgan fingerprint density at radius 2 is 1.89 bits per heavy atom. The SMILES string of the molecule is [C-]#[N+]c1ccc(N2C(=O)C(C)(C)N(c3ccc(CNC(=O)c4sc(C)nc4C)c(F)c3)C2=S)cc1C. The van der Waals surface area contributed by atoms with Gasteiger partial charge in [0.1, 0.15) is 16.2 Å². The number of nitrogens with zero attached hydrogens (tertiary/aromatic N) is 4. The molecule has 0 radical (unpaired) electrons. The summed E-state index contributed by atoms with van der Waals surface area (Å²) >= 11 is 6.97. The van der Waals surface area contributed by atoms with Crippen LogP contribution < -0.4 is 15.1 Å². The number of hydrogen-bond donors (Lipinski definition) is 1. The van der Waals surface area contributed by atoms with Crippen LogP contribution in [0.2, 0.25) is 0 Å². The van der Waals surface area contributed by atoms with Gasteiger partial charge in [-0.3, -0.25) is 14.5 Å². The van der Waals surface area contributed by atoms with Gasteiger partial charge in [-0.05, 0) is 76.7 Å². The van der Waals surface area contributed by atoms with Gasteiger partial charge in [0, 0.05) is 23.5 Å². The van der Waals surface area contributed by atoms with E-state index in [-0.39, 0.29) is 23.5 Å². The van der Waals surface area contributed by atoms with E-state index < -0.39 is 11.4 Å². The quantitative estimate of drug-likeness (QED) is 0.349. The minimum Gasteiger partial charge on any atom is -0.347 e. The van der Waals surface area contributed by atoms with Crippen molar-refractivity contribution in [3.8, 4) is 0 Å². The van der Waals surface area contributed by atoms with Crippen LogP contribution in [-0.2, 0) is 11.3 Å². The molecule has 2 amide bonds. The van der Waals surface area contributed by atoms with E-state index in [4.69, 9.17) is 18.8 Å². The van der Waals surface area contributed by atoms with Crippen LogP contribution in [-0.4, -0.2) is 27.4 Å². The second-order valence-electron chi connectivity index (χ2n) is 9.01. The molecular weight excluding hydrogens is 497 g/mol. The molecule has 0 saturated carbocycles. The second kappa shape index (κ2) is 9.41. The summed E-state index contributed by atoms with van der Waals surface area (Å²) < 4.78 is 15.1. The van der Waals surface area contributed by atoms with Crippen LogP contribution in [0.4, 0.5) is 21.5 Å². The third kappa shape index (κ3) is 4.36. The zero-order valence-electron chi connectivity index (χ0n) is 20.5. The van der Waals surface area contributed by atoms with Gasteiger partial charge in [-0.15, -0.1) is 11.3 Å². The first-order valence-corrected chi connectivity index (χ1v) is 12.4. The van der Waals surface area contributed by atoms with Gasteiger partial charge in [-0.1, -0.05) is 12.1 Å². The Hall–Kier alpha value is -3.68. The van der Waals surface area contributed by atoms with Gasteiger partial charge in [0.05, 0.1) is 17.3 Å². The van der Waals surface area contributed by atoms with Crippen LogP contribution in [0.25, 0.3) is 4.85 Å². The lowest BCUT2D eigenvalue weighted by Crippen LogP contribution is -2.44. The van der Waals surface area contributed by atoms with Gasteiger partial charge in [0.15, 0.2) is 10.8 Å². The molecule has 10 heteroatoms. The molecule has 0 bridgehead atoms. The van der Waals surface area contributed by atoms with Crippen molar-refractivity contribution in [2.75, 3.05) is 9.80 Å². The molecule has 184 valence electrons. The number of rotatable bonds is 5. The number of anilines is 2. The number of nitrogens with one attached hydrogen (secondary N) is 1. The lowest BCUT2D eigenvalue weighted by atomic mass is 10.0. The van der Waals surface area contributed by atoms with E-state index >= 15 is 4.39 Å². The van der Waals surface area contributed by atoms with E-state index in [1.54, 1.807) is 62.9 Å². The minimum atomic E-state index is -1.06. The highest BCUT2D eigenvalue weighted by atomic mass is 32.1. The molecule has 1 fully saturated rings. The van der Waals surface area contributed by atoms with Crippen molar-refractivity contribution in [1.29, 1.82) is 0 Å². The third-order valence-corrected chi connectivity index (χ3v) is 7.51. The molecule has 0 atom stereocenters. The summed E-state index contributed by atoms with van der Waals surface area (Å²) in [6.45, 7) is 16.1. The van der Waals surface area contributed by atoms with E-state index in [0.717, 1.165) is 10.6 Å². The smallest absolute Gasteiger partial charge is 0.263 e. The Morgan fingerprint density at radius 3 is 2.47 bits per heavy atom. The molecule has 2 heterocycles. The zero-order chi connectivity index (χ0) is 26.4. The summed E-state index contributed by atoms with van der Waals surface area (Å²) in [7, 11) is 0. The zero-order valence-corrected chi connectivity index (χ0v) is 22.1. The Labute approximate surface area is 218 Å². The van der Waals surface area contributed by atoms with Gasteiger partial charge in [0.25, 0.3) is 11.8 Å². The largest absolute Gasteiger partial charge is 0.347 e. The summed E-state index contributed by atoms with van der Waals surface area (Å²) in [5, 5.41) is 3.75. The van der Waals surface area contributed by atoms with E-state index in [0.29, 0.717) is 33.2 Å². The van der Waals surface area contributed by atoms with Crippen LogP contribution in [0.15, 0.2) is 36.4 Å². The van der Waals surface area contributed by atoms with Crippen molar-refractivity contribution in [3.63, 3.8) is 0 Å². The summed E-state index contributed by atoms with van der Waals surface area (Å²) in [6, 6.07) is 9.67. The van der Waals surface area contributed by atoms with Gasteiger partial charge >= 0.3 is 0 Å². The van der Waals surface area contributed by atoms with Crippen LogP contribution in [0.1, 0.15) is 45.3 Å². The van der Waals surface area contributed by atoms with Gasteiger partial charge in [0.2, 0.25) is 0 Å². The number of halogens is 1. The lowest BCUT2D eigenvalue weighted by Gasteiger charge is -2.29. The molecule has 1 aromatic heterocycles. The van der Waals surface area contributed by atoms with E-state index in [9.17, 15) is 9.59 Å². The molecule has 0 spiro atoms. The maximum atomic E-state index is 15.1. The molecule has 0 unspecified atom stereocenters. The highest BCUT2D eigenvalue weighted by Gasteiger charge is 2.50. The Balaban J connectivity index is 1.58. The monoisotopic (exact) mass is 521 g/mol. The standard InChI is InChI=1S/C26H24FN5O2S2/c1-14-11-18(9-10-21(14)28-6)31-24(34)26(4,5)32(25(31)35)19-8-7-17(20(27)12-19)13-29-23(33)22-15(2)30-16(3)36-22/h7-12H,13H2,1-5H3,(H,29,33). The molecule has 1 N–H and O–H groups in total. The fourth-order valence-electron chi connectivity index (χ4n) is 4.18. The number of aromatic nitrogens is 1. The van der Waals surface area contributed by atoms with Gasteiger partial charge in [-0.2, -0.15) is 0 Å². The van der Waals surface area contributed by atoms with Crippen molar-refractivity contribution >= 4 is 57.5 Å². The van der Waals surface area contributed by atoms with Gasteiger partial charge < -0.3 is 10.2 Å². The highest BCUT2D eigenvalue weighted by Crippen LogP contribution is 2.38. The number of hydrogen-bond acceptors (Lipinski definition) is 5. The first-order chi connectivity index (χ1) is 16.9. The summed E-state index contributed by atoms with van der Waals surface area (Å²) in [4.78, 5) is 37.1. The lowest BCUT2D eigenvalue weighted by molar-refractivity contribution is -0.120. The predicted octanol–water partition coefficient (Wildman–Crippen LogP) is 5.60. The summed E-state index contributed by atoms with van der Waals surface area (Å²) in [5.74, 6) is -1.08. The van der Waals surface area contributed by atoms with Crippen molar-refractivity contribution in [2.45, 2.75) is 46.7 Å². The normalized spacial score (nSPS) is 14.8. The van der Waals surface area contributed by atoms with Crippen molar-refractivity contribution in [3.05, 3.63) is 80.3 Å². The molecule has 1 aliphatic heterocycles. The molecule has 7 nitrogen and oxygen atoms in total. The Kier molecular flexibility index (Phi) is 6.64. The first-order valence-electron chi connectivity index (χ1n) is 11.1. The number of aryl methyl sites for hydroxylation is 3. The maximum Gasteiger partial charge on any atom is 0.263 e. The van der Waals surface area contributed by atoms with Gasteiger partial charge in [-0.25, -0.2) is 14.2 Å².